The molecule has 0 spiro atoms. The topological polar surface area (TPSA) is 57.8 Å². The van der Waals surface area contributed by atoms with Crippen molar-refractivity contribution >= 4 is 0 Å². The summed E-state index contributed by atoms with van der Waals surface area (Å²) < 4.78 is 0. The van der Waals surface area contributed by atoms with Gasteiger partial charge >= 0.3 is 0 Å². The summed E-state index contributed by atoms with van der Waals surface area (Å²) in [4.78, 5) is 18.7. The van der Waals surface area contributed by atoms with E-state index in [-0.39, 0.29) is 11.1 Å². The molecule has 1 aromatic heterocycles. The fourth-order valence-corrected chi connectivity index (χ4v) is 1.49. The zero-order valence-electron chi connectivity index (χ0n) is 11.4. The van der Waals surface area contributed by atoms with E-state index in [0.717, 1.165) is 17.9 Å². The number of rotatable bonds is 4. The summed E-state index contributed by atoms with van der Waals surface area (Å²) in [5.74, 6) is 1.27. The molecule has 0 aliphatic carbocycles. The largest absolute Gasteiger partial charge is 0.311 e. The Morgan fingerprint density at radius 2 is 2.06 bits per heavy atom. The molecule has 0 saturated heterocycles. The van der Waals surface area contributed by atoms with Gasteiger partial charge in [0.2, 0.25) is 0 Å². The SMILES string of the molecule is CC(C)Cc1nc(CNC(C)(C)C)cc(=O)[nH]1. The van der Waals surface area contributed by atoms with Gasteiger partial charge in [-0.3, -0.25) is 4.79 Å². The molecule has 2 N–H and O–H groups in total. The number of hydrogen-bond acceptors (Lipinski definition) is 3. The third-order valence-electron chi connectivity index (χ3n) is 2.25. The van der Waals surface area contributed by atoms with Crippen molar-refractivity contribution in [3.05, 3.63) is 27.9 Å². The first kappa shape index (κ1) is 13.9. The van der Waals surface area contributed by atoms with Crippen LogP contribution in [0.2, 0.25) is 0 Å². The van der Waals surface area contributed by atoms with Gasteiger partial charge in [0.25, 0.3) is 5.56 Å². The molecule has 0 aliphatic rings. The highest BCUT2D eigenvalue weighted by Gasteiger charge is 2.10. The Balaban J connectivity index is 2.79. The molecule has 4 nitrogen and oxygen atoms in total. The van der Waals surface area contributed by atoms with Crippen LogP contribution in [0, 0.1) is 5.92 Å². The quantitative estimate of drug-likeness (QED) is 0.840. The van der Waals surface area contributed by atoms with Crippen LogP contribution in [-0.4, -0.2) is 15.5 Å². The summed E-state index contributed by atoms with van der Waals surface area (Å²) in [6.45, 7) is 11.1. The molecule has 0 atom stereocenters. The molecule has 1 heterocycles. The van der Waals surface area contributed by atoms with E-state index in [1.54, 1.807) is 6.07 Å². The number of aromatic amines is 1. The summed E-state index contributed by atoms with van der Waals surface area (Å²) in [6.07, 6.45) is 0.804. The lowest BCUT2D eigenvalue weighted by atomic mass is 10.1. The summed E-state index contributed by atoms with van der Waals surface area (Å²) in [5, 5.41) is 3.33. The predicted octanol–water partition coefficient (Wildman–Crippen LogP) is 1.86. The van der Waals surface area contributed by atoms with Crippen molar-refractivity contribution < 1.29 is 0 Å². The number of hydrogen-bond donors (Lipinski definition) is 2. The second kappa shape index (κ2) is 5.45. The van der Waals surface area contributed by atoms with Gasteiger partial charge in [0.15, 0.2) is 0 Å². The van der Waals surface area contributed by atoms with E-state index in [9.17, 15) is 4.79 Å². The number of nitrogens with zero attached hydrogens (tertiary/aromatic N) is 1. The van der Waals surface area contributed by atoms with Gasteiger partial charge in [-0.1, -0.05) is 13.8 Å². The first-order chi connectivity index (χ1) is 7.76. The standard InChI is InChI=1S/C13H23N3O/c1-9(2)6-11-15-10(7-12(17)16-11)8-14-13(3,4)5/h7,9,14H,6,8H2,1-5H3,(H,15,16,17). The average molecular weight is 237 g/mol. The van der Waals surface area contributed by atoms with Crippen molar-refractivity contribution in [1.29, 1.82) is 0 Å². The Kier molecular flexibility index (Phi) is 4.46. The molecule has 1 aromatic rings. The Hall–Kier alpha value is -1.16. The van der Waals surface area contributed by atoms with Crippen molar-refractivity contribution in [2.75, 3.05) is 0 Å². The van der Waals surface area contributed by atoms with Gasteiger partial charge in [-0.2, -0.15) is 0 Å². The second-order valence-corrected chi connectivity index (χ2v) is 5.88. The molecule has 17 heavy (non-hydrogen) atoms. The summed E-state index contributed by atoms with van der Waals surface area (Å²) >= 11 is 0. The minimum Gasteiger partial charge on any atom is -0.311 e. The van der Waals surface area contributed by atoms with Crippen LogP contribution < -0.4 is 10.9 Å². The van der Waals surface area contributed by atoms with Crippen LogP contribution in [0.3, 0.4) is 0 Å². The van der Waals surface area contributed by atoms with Crippen molar-refractivity contribution in [3.8, 4) is 0 Å². The lowest BCUT2D eigenvalue weighted by Crippen LogP contribution is -2.35. The Labute approximate surface area is 103 Å². The molecule has 0 aromatic carbocycles. The molecule has 0 aliphatic heterocycles. The molecule has 0 fully saturated rings. The van der Waals surface area contributed by atoms with Gasteiger partial charge in [-0.15, -0.1) is 0 Å². The van der Waals surface area contributed by atoms with E-state index in [1.165, 1.54) is 0 Å². The first-order valence-corrected chi connectivity index (χ1v) is 6.10. The van der Waals surface area contributed by atoms with Crippen LogP contribution in [0.1, 0.15) is 46.1 Å². The molecular formula is C13H23N3O. The van der Waals surface area contributed by atoms with E-state index in [4.69, 9.17) is 0 Å². The first-order valence-electron chi connectivity index (χ1n) is 6.10. The molecule has 0 radical (unpaired) electrons. The highest BCUT2D eigenvalue weighted by molar-refractivity contribution is 5.03. The van der Waals surface area contributed by atoms with Crippen molar-refractivity contribution in [2.45, 2.75) is 53.1 Å². The molecular weight excluding hydrogens is 214 g/mol. The van der Waals surface area contributed by atoms with E-state index >= 15 is 0 Å². The Morgan fingerprint density at radius 1 is 1.41 bits per heavy atom. The van der Waals surface area contributed by atoms with Crippen molar-refractivity contribution in [1.82, 2.24) is 15.3 Å². The van der Waals surface area contributed by atoms with Gasteiger partial charge in [0.1, 0.15) is 5.82 Å². The second-order valence-electron chi connectivity index (χ2n) is 5.88. The van der Waals surface area contributed by atoms with E-state index < -0.39 is 0 Å². The summed E-state index contributed by atoms with van der Waals surface area (Å²) in [7, 11) is 0. The Bertz CT molecular complexity index is 415. The van der Waals surface area contributed by atoms with Crippen LogP contribution in [-0.2, 0) is 13.0 Å². The lowest BCUT2D eigenvalue weighted by Gasteiger charge is -2.20. The molecule has 0 bridgehead atoms. The highest BCUT2D eigenvalue weighted by atomic mass is 16.1. The monoisotopic (exact) mass is 237 g/mol. The normalized spacial score (nSPS) is 12.1. The zero-order valence-corrected chi connectivity index (χ0v) is 11.4. The summed E-state index contributed by atoms with van der Waals surface area (Å²) in [6, 6.07) is 1.56. The fourth-order valence-electron chi connectivity index (χ4n) is 1.49. The van der Waals surface area contributed by atoms with Crippen LogP contribution >= 0.6 is 0 Å². The maximum absolute atomic E-state index is 11.5. The van der Waals surface area contributed by atoms with Crippen LogP contribution in [0.15, 0.2) is 10.9 Å². The van der Waals surface area contributed by atoms with Crippen molar-refractivity contribution in [3.63, 3.8) is 0 Å². The maximum Gasteiger partial charge on any atom is 0.251 e. The smallest absolute Gasteiger partial charge is 0.251 e. The van der Waals surface area contributed by atoms with Crippen molar-refractivity contribution in [2.24, 2.45) is 5.92 Å². The predicted molar refractivity (Wildman–Crippen MR) is 70.0 cm³/mol. The van der Waals surface area contributed by atoms with E-state index in [0.29, 0.717) is 12.5 Å². The average Bonchev–Trinajstić information content (AvgIpc) is 2.11. The van der Waals surface area contributed by atoms with Gasteiger partial charge < -0.3 is 10.3 Å². The van der Waals surface area contributed by atoms with Gasteiger partial charge in [0.05, 0.1) is 5.69 Å². The zero-order chi connectivity index (χ0) is 13.1. The van der Waals surface area contributed by atoms with Crippen LogP contribution in [0.25, 0.3) is 0 Å². The minimum absolute atomic E-state index is 0.0303. The third kappa shape index (κ3) is 5.63. The third-order valence-corrected chi connectivity index (χ3v) is 2.25. The fraction of sp³-hybridized carbons (Fsp3) is 0.692. The molecule has 96 valence electrons. The van der Waals surface area contributed by atoms with E-state index in [2.05, 4.69) is 49.9 Å². The molecule has 0 unspecified atom stereocenters. The lowest BCUT2D eigenvalue weighted by molar-refractivity contribution is 0.420. The molecule has 4 heteroatoms. The minimum atomic E-state index is -0.0682. The molecule has 0 saturated carbocycles. The number of H-pyrrole nitrogens is 1. The number of aromatic nitrogens is 2. The van der Waals surface area contributed by atoms with E-state index in [1.807, 2.05) is 0 Å². The van der Waals surface area contributed by atoms with Crippen LogP contribution in [0.4, 0.5) is 0 Å². The van der Waals surface area contributed by atoms with Gasteiger partial charge in [0, 0.05) is 24.6 Å². The highest BCUT2D eigenvalue weighted by Crippen LogP contribution is 2.04. The molecule has 0 amide bonds. The number of nitrogens with one attached hydrogen (secondary N) is 2. The maximum atomic E-state index is 11.5. The summed E-state index contributed by atoms with van der Waals surface area (Å²) in [5.41, 5.74) is 0.767. The van der Waals surface area contributed by atoms with Gasteiger partial charge in [-0.25, -0.2) is 4.98 Å². The Morgan fingerprint density at radius 3 is 2.59 bits per heavy atom. The molecule has 1 rings (SSSR count). The van der Waals surface area contributed by atoms with Crippen LogP contribution in [0.5, 0.6) is 0 Å². The van der Waals surface area contributed by atoms with Gasteiger partial charge in [-0.05, 0) is 26.7 Å².